The molecule has 342 valence electrons. The predicted molar refractivity (Wildman–Crippen MR) is 221 cm³/mol. The number of alkyl halides is 6. The van der Waals surface area contributed by atoms with Crippen molar-refractivity contribution >= 4 is 71.3 Å². The zero-order valence-electron chi connectivity index (χ0n) is 34.0. The number of sulfone groups is 1. The lowest BCUT2D eigenvalue weighted by atomic mass is 9.96. The number of hydrogen-bond acceptors (Lipinski definition) is 9. The second kappa shape index (κ2) is 15.7. The smallest absolute Gasteiger partial charge is 0.293 e. The number of nitrogens with zero attached hydrogens (tertiary/aromatic N) is 6. The van der Waals surface area contributed by atoms with E-state index in [9.17, 15) is 48.0 Å². The van der Waals surface area contributed by atoms with E-state index in [0.29, 0.717) is 16.3 Å². The summed E-state index contributed by atoms with van der Waals surface area (Å²) in [4.78, 5) is 20.4. The normalized spacial score (nSPS) is 18.5. The maximum atomic E-state index is 15.5. The molecule has 1 saturated carbocycles. The molecule has 2 N–H and O–H groups in total. The van der Waals surface area contributed by atoms with E-state index in [2.05, 4.69) is 20.2 Å². The van der Waals surface area contributed by atoms with Gasteiger partial charge in [0.15, 0.2) is 15.7 Å². The highest BCUT2D eigenvalue weighted by molar-refractivity contribution is 7.92. The first-order valence-electron chi connectivity index (χ1n) is 19.4. The molecule has 64 heavy (non-hydrogen) atoms. The van der Waals surface area contributed by atoms with Gasteiger partial charge < -0.3 is 10.2 Å². The van der Waals surface area contributed by atoms with Crippen LogP contribution in [0.5, 0.6) is 0 Å². The number of carbonyl (C=O) groups is 1. The first kappa shape index (κ1) is 45.3. The van der Waals surface area contributed by atoms with Gasteiger partial charge in [-0.25, -0.2) is 48.2 Å². The number of carbonyl (C=O) groups excluding carboxylic acids is 1. The van der Waals surface area contributed by atoms with Gasteiger partial charge in [0.05, 0.1) is 50.9 Å². The molecule has 3 heterocycles. The lowest BCUT2D eigenvalue weighted by molar-refractivity contribution is -0.122. The summed E-state index contributed by atoms with van der Waals surface area (Å²) in [6.07, 6.45) is -4.99. The van der Waals surface area contributed by atoms with E-state index in [1.807, 2.05) is 0 Å². The van der Waals surface area contributed by atoms with Crippen molar-refractivity contribution in [3.05, 3.63) is 98.8 Å². The van der Waals surface area contributed by atoms with Crippen LogP contribution in [0.4, 0.5) is 52.3 Å². The number of hydrogen-bond donors (Lipinski definition) is 2. The number of benzene rings is 3. The number of rotatable bonds is 14. The molecule has 0 spiro atoms. The van der Waals surface area contributed by atoms with Gasteiger partial charge in [0.25, 0.3) is 18.8 Å². The van der Waals surface area contributed by atoms with Crippen molar-refractivity contribution in [2.45, 2.75) is 81.8 Å². The number of amidine groups is 1. The van der Waals surface area contributed by atoms with E-state index >= 15 is 8.78 Å². The molecule has 1 fully saturated rings. The predicted octanol–water partition coefficient (Wildman–Crippen LogP) is 7.71. The Hall–Kier alpha value is -5.29. The molecule has 2 aliphatic carbocycles. The van der Waals surface area contributed by atoms with E-state index in [0.717, 1.165) is 29.3 Å². The molecule has 1 aliphatic heterocycles. The van der Waals surface area contributed by atoms with Gasteiger partial charge in [-0.15, -0.1) is 0 Å². The van der Waals surface area contributed by atoms with Crippen LogP contribution in [0.2, 0.25) is 5.02 Å². The SMILES string of the molecule is CC(C)(c1ccc2c(c1)N=C([C@H](Cc1cc(F)cc(F)c1)NC(=O)Cn1nc(C(F)F)c3c1C(F)(F)[C@@H]1C[C@H]31)N(c1ccc(Cl)c3c(NS(C)(=O)=O)nn(CC(F)F)c13)C2)S(C)(=O)=O. The molecule has 0 bridgehead atoms. The second-order valence-electron chi connectivity index (χ2n) is 16.5. The van der Waals surface area contributed by atoms with E-state index in [1.165, 1.54) is 43.0 Å². The highest BCUT2D eigenvalue weighted by atomic mass is 35.5. The summed E-state index contributed by atoms with van der Waals surface area (Å²) in [5, 5.41) is 10.2. The molecule has 0 saturated heterocycles. The van der Waals surface area contributed by atoms with Crippen LogP contribution < -0.4 is 14.9 Å². The Labute approximate surface area is 365 Å². The molecule has 2 aromatic heterocycles. The minimum atomic E-state index is -4.08. The Morgan fingerprint density at radius 1 is 0.969 bits per heavy atom. The average Bonchev–Trinajstić information content (AvgIpc) is 3.70. The summed E-state index contributed by atoms with van der Waals surface area (Å²) in [6, 6.07) is 8.20. The van der Waals surface area contributed by atoms with Gasteiger partial charge in [-0.2, -0.15) is 19.0 Å². The molecule has 0 unspecified atom stereocenters. The Balaban J connectivity index is 1.32. The van der Waals surface area contributed by atoms with Gasteiger partial charge in [-0.1, -0.05) is 23.7 Å². The third-order valence-corrected chi connectivity index (χ3v) is 14.7. The average molecular weight is 961 g/mol. The van der Waals surface area contributed by atoms with E-state index in [-0.39, 0.29) is 62.8 Å². The van der Waals surface area contributed by atoms with Gasteiger partial charge in [-0.05, 0) is 73.2 Å². The van der Waals surface area contributed by atoms with Gasteiger partial charge in [0.1, 0.15) is 41.9 Å². The first-order valence-corrected chi connectivity index (χ1v) is 23.6. The van der Waals surface area contributed by atoms with Crippen molar-refractivity contribution in [2.75, 3.05) is 22.1 Å². The number of anilines is 2. The molecular formula is C40H37ClF8N8O5S2. The van der Waals surface area contributed by atoms with Crippen molar-refractivity contribution < 1.29 is 56.8 Å². The number of halogens is 9. The highest BCUT2D eigenvalue weighted by Crippen LogP contribution is 2.68. The molecule has 5 aromatic rings. The summed E-state index contributed by atoms with van der Waals surface area (Å²) in [5.41, 5.74) is -1.45. The maximum Gasteiger partial charge on any atom is 0.293 e. The molecule has 3 aliphatic rings. The fourth-order valence-corrected chi connectivity index (χ4v) is 9.71. The van der Waals surface area contributed by atoms with Crippen LogP contribution in [0.1, 0.15) is 66.3 Å². The van der Waals surface area contributed by atoms with Crippen LogP contribution in [0.25, 0.3) is 10.9 Å². The minimum Gasteiger partial charge on any atom is -0.344 e. The zero-order valence-corrected chi connectivity index (χ0v) is 36.4. The Morgan fingerprint density at radius 2 is 1.66 bits per heavy atom. The van der Waals surface area contributed by atoms with Crippen molar-refractivity contribution in [1.29, 1.82) is 0 Å². The Kier molecular flexibility index (Phi) is 11.1. The van der Waals surface area contributed by atoms with Gasteiger partial charge >= 0.3 is 0 Å². The molecular weight excluding hydrogens is 924 g/mol. The topological polar surface area (TPSA) is 161 Å². The number of aliphatic imine (C=N–C) groups is 1. The van der Waals surface area contributed by atoms with Crippen LogP contribution in [0, 0.1) is 17.6 Å². The van der Waals surface area contributed by atoms with Crippen molar-refractivity contribution in [2.24, 2.45) is 10.9 Å². The number of fused-ring (bicyclic) bond motifs is 5. The molecule has 0 radical (unpaired) electrons. The Morgan fingerprint density at radius 3 is 2.28 bits per heavy atom. The zero-order chi connectivity index (χ0) is 46.6. The van der Waals surface area contributed by atoms with Gasteiger partial charge in [0, 0.05) is 30.2 Å². The largest absolute Gasteiger partial charge is 0.344 e. The van der Waals surface area contributed by atoms with Crippen molar-refractivity contribution in [3.8, 4) is 0 Å². The third kappa shape index (κ3) is 8.18. The van der Waals surface area contributed by atoms with E-state index < -0.39 is 116 Å². The van der Waals surface area contributed by atoms with Crippen LogP contribution >= 0.6 is 11.6 Å². The van der Waals surface area contributed by atoms with E-state index in [1.54, 1.807) is 6.07 Å². The van der Waals surface area contributed by atoms with E-state index in [4.69, 9.17) is 16.6 Å². The number of sulfonamides is 1. The summed E-state index contributed by atoms with van der Waals surface area (Å²) in [7, 11) is -7.84. The summed E-state index contributed by atoms with van der Waals surface area (Å²) in [5.74, 6) is -9.43. The monoisotopic (exact) mass is 960 g/mol. The summed E-state index contributed by atoms with van der Waals surface area (Å²) in [6.45, 7) is 0.575. The number of nitrogens with one attached hydrogen (secondary N) is 2. The molecule has 1 amide bonds. The van der Waals surface area contributed by atoms with Crippen LogP contribution in [0.3, 0.4) is 0 Å². The van der Waals surface area contributed by atoms with Gasteiger partial charge in [0.2, 0.25) is 15.9 Å². The molecule has 13 nitrogen and oxygen atoms in total. The summed E-state index contributed by atoms with van der Waals surface area (Å²) >= 11 is 6.59. The van der Waals surface area contributed by atoms with Crippen LogP contribution in [-0.2, 0) is 61.4 Å². The molecule has 3 aromatic carbocycles. The second-order valence-corrected chi connectivity index (χ2v) is 21.3. The number of amides is 1. The third-order valence-electron chi connectivity index (χ3n) is 11.7. The highest BCUT2D eigenvalue weighted by Gasteiger charge is 2.67. The number of aromatic nitrogens is 4. The van der Waals surface area contributed by atoms with Gasteiger partial charge in [-0.3, -0.25) is 18.9 Å². The molecule has 3 atom stereocenters. The standard InChI is InChI=1S/C40H37ClF8N8O5S2/c1-39(2,63(3,59)60)20-6-5-19-15-55(28-8-7-25(41)32-34(28)56(16-29(44)45)53-37(32)54-64(4,61)62)38(51-26(19)12-20)27(11-18-9-21(42)13-22(43)10-18)50-30(58)17-57-35-31(33(52-57)36(46)47)23-14-24(23)40(35,48)49/h5-10,12-13,23-24,27,29,36H,11,14-17H2,1-4H3,(H,50,58)(H,53,54)/t23-,24+,27-/m0/s1. The Bertz CT molecular complexity index is 2990. The van der Waals surface area contributed by atoms with Crippen molar-refractivity contribution in [3.63, 3.8) is 0 Å². The van der Waals surface area contributed by atoms with Crippen molar-refractivity contribution in [1.82, 2.24) is 24.9 Å². The fraction of sp³-hybridized carbons (Fsp3) is 0.400. The quantitative estimate of drug-likeness (QED) is 0.107. The summed E-state index contributed by atoms with van der Waals surface area (Å²) < 4.78 is 170. The lowest BCUT2D eigenvalue weighted by Gasteiger charge is -2.36. The first-order chi connectivity index (χ1) is 29.7. The minimum absolute atomic E-state index is 0.00551. The molecule has 8 rings (SSSR count). The van der Waals surface area contributed by atoms with Crippen LogP contribution in [-0.4, -0.2) is 73.1 Å². The lowest BCUT2D eigenvalue weighted by Crippen LogP contribution is -2.51. The fourth-order valence-electron chi connectivity index (χ4n) is 8.42. The van der Waals surface area contributed by atoms with Crippen LogP contribution in [0.15, 0.2) is 53.5 Å². The molecule has 24 heteroatoms. The maximum absolute atomic E-state index is 15.5.